The van der Waals surface area contributed by atoms with Crippen LogP contribution in [0.25, 0.3) is 11.1 Å². The summed E-state index contributed by atoms with van der Waals surface area (Å²) in [6.07, 6.45) is 0.860. The summed E-state index contributed by atoms with van der Waals surface area (Å²) in [5.74, 6) is 0.881. The van der Waals surface area contributed by atoms with Gasteiger partial charge in [-0.3, -0.25) is 4.79 Å². The fourth-order valence-corrected chi connectivity index (χ4v) is 3.17. The second-order valence-corrected chi connectivity index (χ2v) is 6.20. The summed E-state index contributed by atoms with van der Waals surface area (Å²) in [5, 5.41) is 0.643. The van der Waals surface area contributed by atoms with E-state index in [0.29, 0.717) is 17.5 Å². The zero-order valence-corrected chi connectivity index (χ0v) is 13.2. The van der Waals surface area contributed by atoms with E-state index < -0.39 is 0 Å². The number of carbonyl (C=O) groups excluding carboxylic acids is 1. The van der Waals surface area contributed by atoms with Gasteiger partial charge in [-0.15, -0.1) is 0 Å². The van der Waals surface area contributed by atoms with E-state index in [2.05, 4.69) is 4.98 Å². The summed E-state index contributed by atoms with van der Waals surface area (Å²) >= 11 is 5.99. The Morgan fingerprint density at radius 1 is 1.22 bits per heavy atom. The third-order valence-corrected chi connectivity index (χ3v) is 4.45. The Morgan fingerprint density at radius 3 is 2.87 bits per heavy atom. The highest BCUT2D eigenvalue weighted by atomic mass is 35.5. The smallest absolute Gasteiger partial charge is 0.253 e. The first kappa shape index (κ1) is 14.3. The van der Waals surface area contributed by atoms with Crippen molar-refractivity contribution in [2.75, 3.05) is 13.1 Å². The molecular weight excluding hydrogens is 312 g/mol. The van der Waals surface area contributed by atoms with Crippen LogP contribution in [-0.4, -0.2) is 28.9 Å². The molecule has 2 aromatic carbocycles. The average molecular weight is 327 g/mol. The number of halogens is 1. The third-order valence-electron chi connectivity index (χ3n) is 4.21. The minimum atomic E-state index is 0.0623. The van der Waals surface area contributed by atoms with E-state index in [-0.39, 0.29) is 11.8 Å². The van der Waals surface area contributed by atoms with Crippen molar-refractivity contribution in [2.45, 2.75) is 12.3 Å². The molecule has 1 amide bonds. The molecule has 0 radical (unpaired) electrons. The van der Waals surface area contributed by atoms with Crippen LogP contribution in [0.15, 0.2) is 52.9 Å². The van der Waals surface area contributed by atoms with E-state index in [4.69, 9.17) is 16.0 Å². The second-order valence-electron chi connectivity index (χ2n) is 5.77. The summed E-state index contributed by atoms with van der Waals surface area (Å²) < 4.78 is 5.83. The Labute approximate surface area is 138 Å². The molecule has 4 rings (SSSR count). The van der Waals surface area contributed by atoms with Crippen LogP contribution in [-0.2, 0) is 0 Å². The molecule has 2 heterocycles. The van der Waals surface area contributed by atoms with E-state index in [1.165, 1.54) is 0 Å². The van der Waals surface area contributed by atoms with Crippen LogP contribution in [0.1, 0.15) is 28.6 Å². The molecule has 1 fully saturated rings. The van der Waals surface area contributed by atoms with E-state index >= 15 is 0 Å². The maximum absolute atomic E-state index is 12.5. The molecule has 3 aromatic rings. The van der Waals surface area contributed by atoms with E-state index in [1.54, 1.807) is 12.1 Å². The molecule has 1 saturated heterocycles. The lowest BCUT2D eigenvalue weighted by Crippen LogP contribution is -2.28. The Morgan fingerprint density at radius 2 is 2.04 bits per heavy atom. The number of carbonyl (C=O) groups is 1. The molecule has 0 aliphatic carbocycles. The minimum absolute atomic E-state index is 0.0623. The van der Waals surface area contributed by atoms with Gasteiger partial charge in [-0.05, 0) is 36.8 Å². The van der Waals surface area contributed by atoms with E-state index in [9.17, 15) is 4.79 Å². The zero-order valence-electron chi connectivity index (χ0n) is 12.4. The molecule has 0 spiro atoms. The lowest BCUT2D eigenvalue weighted by Gasteiger charge is -2.15. The minimum Gasteiger partial charge on any atom is -0.440 e. The molecule has 4 nitrogen and oxygen atoms in total. The highest BCUT2D eigenvalue weighted by molar-refractivity contribution is 6.31. The number of nitrogens with zero attached hydrogens (tertiary/aromatic N) is 2. The Balaban J connectivity index is 1.54. The molecule has 1 atom stereocenters. The number of likely N-dealkylation sites (tertiary alicyclic amines) is 1. The van der Waals surface area contributed by atoms with Crippen molar-refractivity contribution in [3.8, 4) is 0 Å². The largest absolute Gasteiger partial charge is 0.440 e. The van der Waals surface area contributed by atoms with Gasteiger partial charge in [-0.2, -0.15) is 0 Å². The van der Waals surface area contributed by atoms with Crippen molar-refractivity contribution in [1.82, 2.24) is 9.88 Å². The lowest BCUT2D eigenvalue weighted by atomic mass is 10.1. The number of fused-ring (bicyclic) bond motifs is 1. The molecule has 1 aliphatic rings. The Hall–Kier alpha value is -2.33. The highest BCUT2D eigenvalue weighted by Crippen LogP contribution is 2.30. The molecule has 5 heteroatoms. The predicted octanol–water partition coefficient (Wildman–Crippen LogP) is 4.11. The van der Waals surface area contributed by atoms with Gasteiger partial charge in [0.25, 0.3) is 5.91 Å². The quantitative estimate of drug-likeness (QED) is 0.712. The van der Waals surface area contributed by atoms with Crippen molar-refractivity contribution >= 4 is 28.6 Å². The number of aromatic nitrogens is 1. The van der Waals surface area contributed by atoms with Crippen molar-refractivity contribution in [2.24, 2.45) is 0 Å². The predicted molar refractivity (Wildman–Crippen MR) is 88.7 cm³/mol. The molecule has 0 bridgehead atoms. The summed E-state index contributed by atoms with van der Waals surface area (Å²) in [5.41, 5.74) is 2.22. The van der Waals surface area contributed by atoms with Crippen molar-refractivity contribution < 1.29 is 9.21 Å². The van der Waals surface area contributed by atoms with Gasteiger partial charge < -0.3 is 9.32 Å². The van der Waals surface area contributed by atoms with Gasteiger partial charge in [-0.25, -0.2) is 4.98 Å². The van der Waals surface area contributed by atoms with Crippen molar-refractivity contribution in [3.63, 3.8) is 0 Å². The number of hydrogen-bond donors (Lipinski definition) is 0. The number of amides is 1. The lowest BCUT2D eigenvalue weighted by molar-refractivity contribution is 0.0790. The normalized spacial score (nSPS) is 17.8. The number of oxazole rings is 1. The fraction of sp³-hybridized carbons (Fsp3) is 0.222. The maximum Gasteiger partial charge on any atom is 0.253 e. The van der Waals surface area contributed by atoms with Crippen LogP contribution in [0.4, 0.5) is 0 Å². The number of hydrogen-bond acceptors (Lipinski definition) is 3. The van der Waals surface area contributed by atoms with Crippen LogP contribution >= 0.6 is 11.6 Å². The van der Waals surface area contributed by atoms with E-state index in [0.717, 1.165) is 29.6 Å². The van der Waals surface area contributed by atoms with Gasteiger partial charge in [0.2, 0.25) is 0 Å². The summed E-state index contributed by atoms with van der Waals surface area (Å²) in [4.78, 5) is 18.9. The van der Waals surface area contributed by atoms with Gasteiger partial charge in [0, 0.05) is 23.7 Å². The van der Waals surface area contributed by atoms with Gasteiger partial charge in [0.15, 0.2) is 11.5 Å². The average Bonchev–Trinajstić information content (AvgIpc) is 3.21. The SMILES string of the molecule is O=C(c1ccccc1)N1CC[C@H](c2nc3cc(Cl)ccc3o2)C1. The van der Waals surface area contributed by atoms with Crippen LogP contribution < -0.4 is 0 Å². The fourth-order valence-electron chi connectivity index (χ4n) is 3.00. The first-order chi connectivity index (χ1) is 11.2. The second kappa shape index (κ2) is 5.70. The maximum atomic E-state index is 12.5. The summed E-state index contributed by atoms with van der Waals surface area (Å²) in [7, 11) is 0. The van der Waals surface area contributed by atoms with E-state index in [1.807, 2.05) is 41.3 Å². The van der Waals surface area contributed by atoms with Crippen molar-refractivity contribution in [3.05, 3.63) is 65.0 Å². The molecule has 0 unspecified atom stereocenters. The van der Waals surface area contributed by atoms with Gasteiger partial charge in [-0.1, -0.05) is 29.8 Å². The van der Waals surface area contributed by atoms with Gasteiger partial charge in [0.1, 0.15) is 5.52 Å². The zero-order chi connectivity index (χ0) is 15.8. The molecular formula is C18H15ClN2O2. The molecule has 23 heavy (non-hydrogen) atoms. The van der Waals surface area contributed by atoms with Crippen LogP contribution in [0.3, 0.4) is 0 Å². The van der Waals surface area contributed by atoms with Crippen LogP contribution in [0, 0.1) is 0 Å². The summed E-state index contributed by atoms with van der Waals surface area (Å²) in [6, 6.07) is 14.8. The third kappa shape index (κ3) is 2.70. The van der Waals surface area contributed by atoms with Crippen LogP contribution in [0.2, 0.25) is 5.02 Å². The van der Waals surface area contributed by atoms with Gasteiger partial charge >= 0.3 is 0 Å². The molecule has 0 saturated carbocycles. The molecule has 1 aliphatic heterocycles. The number of benzene rings is 2. The molecule has 116 valence electrons. The Kier molecular flexibility index (Phi) is 3.54. The molecule has 1 aromatic heterocycles. The summed E-state index contributed by atoms with van der Waals surface area (Å²) in [6.45, 7) is 1.35. The topological polar surface area (TPSA) is 46.3 Å². The first-order valence-electron chi connectivity index (χ1n) is 7.61. The van der Waals surface area contributed by atoms with Crippen molar-refractivity contribution in [1.29, 1.82) is 0 Å². The van der Waals surface area contributed by atoms with Gasteiger partial charge in [0.05, 0.1) is 5.92 Å². The standard InChI is InChI=1S/C18H15ClN2O2/c19-14-6-7-16-15(10-14)20-17(23-16)13-8-9-21(11-13)18(22)12-4-2-1-3-5-12/h1-7,10,13H,8-9,11H2/t13-/m0/s1. The Bertz CT molecular complexity index is 860. The first-order valence-corrected chi connectivity index (χ1v) is 7.99. The highest BCUT2D eigenvalue weighted by Gasteiger charge is 2.31. The monoisotopic (exact) mass is 326 g/mol. The number of rotatable bonds is 2. The molecule has 0 N–H and O–H groups in total. The van der Waals surface area contributed by atoms with Crippen LogP contribution in [0.5, 0.6) is 0 Å².